The van der Waals surface area contributed by atoms with Gasteiger partial charge in [0.05, 0.1) is 11.9 Å². The Labute approximate surface area is 77.2 Å². The summed E-state index contributed by atoms with van der Waals surface area (Å²) in [5, 5.41) is 2.84. The van der Waals surface area contributed by atoms with E-state index in [4.69, 9.17) is 0 Å². The van der Waals surface area contributed by atoms with Gasteiger partial charge in [-0.25, -0.2) is 0 Å². The molecule has 13 heavy (non-hydrogen) atoms. The highest BCUT2D eigenvalue weighted by atomic mass is 16.2. The molecular formula is C10H12N2O. The Morgan fingerprint density at radius 3 is 2.92 bits per heavy atom. The molecule has 1 aliphatic carbocycles. The molecule has 0 aromatic carbocycles. The standard InChI is InChI=1S/C10H12N2O/c1-7-4-9(6-11-5-7)12-10(13)8-2-3-8/h4-6,8H,2-3H2,1H3,(H,12,13). The van der Waals surface area contributed by atoms with Crippen molar-refractivity contribution in [2.45, 2.75) is 19.8 Å². The van der Waals surface area contributed by atoms with Crippen LogP contribution in [-0.4, -0.2) is 10.9 Å². The molecule has 3 nitrogen and oxygen atoms in total. The highest BCUT2D eigenvalue weighted by molar-refractivity contribution is 5.93. The number of anilines is 1. The van der Waals surface area contributed by atoms with Crippen molar-refractivity contribution in [2.24, 2.45) is 5.92 Å². The van der Waals surface area contributed by atoms with Gasteiger partial charge in [0, 0.05) is 12.1 Å². The number of aromatic nitrogens is 1. The number of nitrogens with one attached hydrogen (secondary N) is 1. The third-order valence-corrected chi connectivity index (χ3v) is 2.09. The Kier molecular flexibility index (Phi) is 2.00. The minimum atomic E-state index is 0.132. The molecule has 1 aliphatic rings. The Balaban J connectivity index is 2.04. The second kappa shape index (κ2) is 3.17. The Morgan fingerprint density at radius 1 is 1.54 bits per heavy atom. The van der Waals surface area contributed by atoms with Crippen molar-refractivity contribution in [1.82, 2.24) is 4.98 Å². The molecule has 1 aromatic rings. The first-order valence-electron chi connectivity index (χ1n) is 4.48. The molecule has 1 heterocycles. The number of carbonyl (C=O) groups is 1. The summed E-state index contributed by atoms with van der Waals surface area (Å²) in [4.78, 5) is 15.3. The molecule has 2 rings (SSSR count). The molecular weight excluding hydrogens is 164 g/mol. The lowest BCUT2D eigenvalue weighted by atomic mass is 10.3. The van der Waals surface area contributed by atoms with Gasteiger partial charge in [0.15, 0.2) is 0 Å². The summed E-state index contributed by atoms with van der Waals surface area (Å²) in [6.07, 6.45) is 5.51. The molecule has 0 unspecified atom stereocenters. The molecule has 0 radical (unpaired) electrons. The van der Waals surface area contributed by atoms with Crippen LogP contribution in [0.4, 0.5) is 5.69 Å². The van der Waals surface area contributed by atoms with Crippen molar-refractivity contribution >= 4 is 11.6 Å². The van der Waals surface area contributed by atoms with Gasteiger partial charge in [-0.2, -0.15) is 0 Å². The maximum Gasteiger partial charge on any atom is 0.227 e. The van der Waals surface area contributed by atoms with E-state index in [2.05, 4.69) is 10.3 Å². The molecule has 1 aromatic heterocycles. The molecule has 68 valence electrons. The molecule has 0 saturated heterocycles. The van der Waals surface area contributed by atoms with Gasteiger partial charge in [-0.1, -0.05) is 0 Å². The number of hydrogen-bond donors (Lipinski definition) is 1. The third kappa shape index (κ3) is 2.05. The lowest BCUT2D eigenvalue weighted by molar-refractivity contribution is -0.117. The topological polar surface area (TPSA) is 42.0 Å². The number of rotatable bonds is 2. The van der Waals surface area contributed by atoms with Crippen LogP contribution >= 0.6 is 0 Å². The molecule has 0 atom stereocenters. The van der Waals surface area contributed by atoms with Gasteiger partial charge in [-0.3, -0.25) is 9.78 Å². The number of pyridine rings is 1. The third-order valence-electron chi connectivity index (χ3n) is 2.09. The van der Waals surface area contributed by atoms with Gasteiger partial charge < -0.3 is 5.32 Å². The van der Waals surface area contributed by atoms with E-state index in [0.29, 0.717) is 0 Å². The van der Waals surface area contributed by atoms with Gasteiger partial charge in [0.2, 0.25) is 5.91 Å². The Morgan fingerprint density at radius 2 is 2.31 bits per heavy atom. The minimum absolute atomic E-state index is 0.132. The normalized spacial score (nSPS) is 15.5. The van der Waals surface area contributed by atoms with Crippen LogP contribution in [0.5, 0.6) is 0 Å². The van der Waals surface area contributed by atoms with Crippen molar-refractivity contribution in [3.05, 3.63) is 24.0 Å². The fraction of sp³-hybridized carbons (Fsp3) is 0.400. The molecule has 1 saturated carbocycles. The summed E-state index contributed by atoms with van der Waals surface area (Å²) >= 11 is 0. The number of nitrogens with zero attached hydrogens (tertiary/aromatic N) is 1. The highest BCUT2D eigenvalue weighted by Crippen LogP contribution is 2.30. The van der Waals surface area contributed by atoms with Crippen LogP contribution in [0.1, 0.15) is 18.4 Å². The lowest BCUT2D eigenvalue weighted by Gasteiger charge is -2.03. The number of carbonyl (C=O) groups excluding carboxylic acids is 1. The monoisotopic (exact) mass is 176 g/mol. The van der Waals surface area contributed by atoms with Crippen molar-refractivity contribution < 1.29 is 4.79 Å². The van der Waals surface area contributed by atoms with E-state index in [1.807, 2.05) is 13.0 Å². The zero-order valence-electron chi connectivity index (χ0n) is 7.58. The zero-order valence-corrected chi connectivity index (χ0v) is 7.58. The average molecular weight is 176 g/mol. The SMILES string of the molecule is Cc1cncc(NC(=O)C2CC2)c1. The van der Waals surface area contributed by atoms with E-state index in [-0.39, 0.29) is 11.8 Å². The van der Waals surface area contributed by atoms with E-state index < -0.39 is 0 Å². The van der Waals surface area contributed by atoms with Gasteiger partial charge >= 0.3 is 0 Å². The smallest absolute Gasteiger partial charge is 0.227 e. The summed E-state index contributed by atoms with van der Waals surface area (Å²) < 4.78 is 0. The van der Waals surface area contributed by atoms with E-state index in [1.165, 1.54) is 0 Å². The molecule has 1 amide bonds. The average Bonchev–Trinajstić information content (AvgIpc) is 2.85. The van der Waals surface area contributed by atoms with Gasteiger partial charge in [0.25, 0.3) is 0 Å². The molecule has 0 aliphatic heterocycles. The summed E-state index contributed by atoms with van der Waals surface area (Å²) in [7, 11) is 0. The van der Waals surface area contributed by atoms with Crippen LogP contribution in [0.3, 0.4) is 0 Å². The number of hydrogen-bond acceptors (Lipinski definition) is 2. The van der Waals surface area contributed by atoms with Crippen LogP contribution < -0.4 is 5.32 Å². The fourth-order valence-electron chi connectivity index (χ4n) is 1.21. The first-order valence-corrected chi connectivity index (χ1v) is 4.48. The zero-order chi connectivity index (χ0) is 9.26. The van der Waals surface area contributed by atoms with Crippen molar-refractivity contribution in [3.8, 4) is 0 Å². The van der Waals surface area contributed by atoms with Crippen LogP contribution in [0.15, 0.2) is 18.5 Å². The van der Waals surface area contributed by atoms with Crippen LogP contribution in [0.25, 0.3) is 0 Å². The van der Waals surface area contributed by atoms with E-state index in [0.717, 1.165) is 24.1 Å². The van der Waals surface area contributed by atoms with E-state index in [1.54, 1.807) is 12.4 Å². The molecule has 0 spiro atoms. The molecule has 1 fully saturated rings. The van der Waals surface area contributed by atoms with E-state index >= 15 is 0 Å². The second-order valence-corrected chi connectivity index (χ2v) is 3.51. The first kappa shape index (κ1) is 8.23. The van der Waals surface area contributed by atoms with E-state index in [9.17, 15) is 4.79 Å². The predicted octanol–water partition coefficient (Wildman–Crippen LogP) is 1.74. The Bertz CT molecular complexity index is 331. The van der Waals surface area contributed by atoms with Gasteiger partial charge in [-0.15, -0.1) is 0 Å². The Hall–Kier alpha value is -1.38. The largest absolute Gasteiger partial charge is 0.324 e. The van der Waals surface area contributed by atoms with Crippen molar-refractivity contribution in [3.63, 3.8) is 0 Å². The first-order chi connectivity index (χ1) is 6.25. The van der Waals surface area contributed by atoms with Gasteiger partial charge in [-0.05, 0) is 31.4 Å². The summed E-state index contributed by atoms with van der Waals surface area (Å²) in [5.74, 6) is 0.382. The molecule has 0 bridgehead atoms. The van der Waals surface area contributed by atoms with Crippen LogP contribution in [0, 0.1) is 12.8 Å². The molecule has 1 N–H and O–H groups in total. The predicted molar refractivity (Wildman–Crippen MR) is 50.3 cm³/mol. The van der Waals surface area contributed by atoms with Gasteiger partial charge in [0.1, 0.15) is 0 Å². The quantitative estimate of drug-likeness (QED) is 0.745. The maximum atomic E-state index is 11.3. The minimum Gasteiger partial charge on any atom is -0.324 e. The molecule has 3 heteroatoms. The van der Waals surface area contributed by atoms with Crippen LogP contribution in [-0.2, 0) is 4.79 Å². The summed E-state index contributed by atoms with van der Waals surface area (Å²) in [6.45, 7) is 1.96. The summed E-state index contributed by atoms with van der Waals surface area (Å²) in [6, 6.07) is 1.92. The van der Waals surface area contributed by atoms with Crippen LogP contribution in [0.2, 0.25) is 0 Å². The van der Waals surface area contributed by atoms with Crippen molar-refractivity contribution in [1.29, 1.82) is 0 Å². The maximum absolute atomic E-state index is 11.3. The number of aryl methyl sites for hydroxylation is 1. The lowest BCUT2D eigenvalue weighted by Crippen LogP contribution is -2.13. The number of amides is 1. The summed E-state index contributed by atoms with van der Waals surface area (Å²) in [5.41, 5.74) is 1.87. The second-order valence-electron chi connectivity index (χ2n) is 3.51. The van der Waals surface area contributed by atoms with Crippen molar-refractivity contribution in [2.75, 3.05) is 5.32 Å². The fourth-order valence-corrected chi connectivity index (χ4v) is 1.21. The highest BCUT2D eigenvalue weighted by Gasteiger charge is 2.29.